The number of unbranched alkanes of at least 4 members (excludes halogenated alkanes) is 41. The Morgan fingerprint density at radius 3 is 1.15 bits per heavy atom. The van der Waals surface area contributed by atoms with Crippen LogP contribution < -0.4 is 5.32 Å². The summed E-state index contributed by atoms with van der Waals surface area (Å²) >= 11 is 0. The highest BCUT2D eigenvalue weighted by Gasteiger charge is 2.27. The average molecular weight is 1080 g/mol. The number of aliphatic hydroxyl groups excluding tert-OH is 1. The van der Waals surface area contributed by atoms with Crippen LogP contribution in [0, 0.1) is 0 Å². The van der Waals surface area contributed by atoms with Crippen LogP contribution in [0.3, 0.4) is 0 Å². The zero-order valence-electron chi connectivity index (χ0n) is 50.6. The van der Waals surface area contributed by atoms with Gasteiger partial charge >= 0.3 is 7.82 Å². The van der Waals surface area contributed by atoms with Crippen molar-refractivity contribution < 1.29 is 32.9 Å². The van der Waals surface area contributed by atoms with Crippen LogP contribution in [0.5, 0.6) is 0 Å². The van der Waals surface area contributed by atoms with E-state index in [1.54, 1.807) is 6.08 Å². The van der Waals surface area contributed by atoms with Gasteiger partial charge < -0.3 is 19.8 Å². The molecule has 0 radical (unpaired) electrons. The number of rotatable bonds is 60. The van der Waals surface area contributed by atoms with Crippen molar-refractivity contribution in [2.75, 3.05) is 40.9 Å². The Morgan fingerprint density at radius 2 is 0.773 bits per heavy atom. The fourth-order valence-corrected chi connectivity index (χ4v) is 10.4. The van der Waals surface area contributed by atoms with Gasteiger partial charge in [-0.25, -0.2) is 4.57 Å². The van der Waals surface area contributed by atoms with Gasteiger partial charge in [-0.2, -0.15) is 0 Å². The summed E-state index contributed by atoms with van der Waals surface area (Å²) in [4.78, 5) is 23.4. The number of carbonyl (C=O) groups excluding carboxylic acids is 1. The second-order valence-electron chi connectivity index (χ2n) is 23.5. The summed E-state index contributed by atoms with van der Waals surface area (Å²) in [6, 6.07) is -0.865. The van der Waals surface area contributed by atoms with Gasteiger partial charge in [-0.05, 0) is 64.2 Å². The molecule has 1 amide bonds. The number of quaternary nitrogens is 1. The number of hydrogen-bond donors (Lipinski definition) is 3. The summed E-state index contributed by atoms with van der Waals surface area (Å²) in [6.45, 7) is 4.83. The third-order valence-corrected chi connectivity index (χ3v) is 15.8. The van der Waals surface area contributed by atoms with E-state index in [0.717, 1.165) is 44.9 Å². The first-order valence-electron chi connectivity index (χ1n) is 32.5. The number of likely N-dealkylation sites (N-methyl/N-ethyl adjacent to an activating group) is 1. The number of nitrogens with one attached hydrogen (secondary N) is 1. The molecule has 9 heteroatoms. The fourth-order valence-electron chi connectivity index (χ4n) is 9.68. The van der Waals surface area contributed by atoms with Crippen LogP contribution in [-0.4, -0.2) is 73.4 Å². The minimum absolute atomic E-state index is 0.0565. The second-order valence-corrected chi connectivity index (χ2v) is 24.9. The Bertz CT molecular complexity index is 1360. The highest BCUT2D eigenvalue weighted by molar-refractivity contribution is 7.47. The quantitative estimate of drug-likeness (QED) is 0.0243. The maximum Gasteiger partial charge on any atom is 0.472 e. The van der Waals surface area contributed by atoms with Crippen LogP contribution in [0.1, 0.15) is 316 Å². The van der Waals surface area contributed by atoms with E-state index in [-0.39, 0.29) is 19.1 Å². The Hall–Kier alpha value is -1.54. The highest BCUT2D eigenvalue weighted by Crippen LogP contribution is 2.43. The molecule has 3 unspecified atom stereocenters. The summed E-state index contributed by atoms with van der Waals surface area (Å²) in [5.41, 5.74) is 0. The van der Waals surface area contributed by atoms with E-state index >= 15 is 0 Å². The Labute approximate surface area is 467 Å². The van der Waals surface area contributed by atoms with Crippen molar-refractivity contribution >= 4 is 13.7 Å². The van der Waals surface area contributed by atoms with Crippen molar-refractivity contribution in [3.05, 3.63) is 48.6 Å². The molecule has 0 spiro atoms. The molecule has 0 aromatic heterocycles. The van der Waals surface area contributed by atoms with Crippen molar-refractivity contribution in [2.45, 2.75) is 328 Å². The molecule has 0 rings (SSSR count). The lowest BCUT2D eigenvalue weighted by atomic mass is 10.0. The third kappa shape index (κ3) is 60.0. The van der Waals surface area contributed by atoms with Crippen molar-refractivity contribution in [2.24, 2.45) is 0 Å². The van der Waals surface area contributed by atoms with Gasteiger partial charge in [-0.15, -0.1) is 0 Å². The molecule has 8 nitrogen and oxygen atoms in total. The van der Waals surface area contributed by atoms with Gasteiger partial charge in [-0.1, -0.05) is 294 Å². The molecule has 3 N–H and O–H groups in total. The fraction of sp³-hybridized carbons (Fsp3) is 0.864. The highest BCUT2D eigenvalue weighted by atomic mass is 31.2. The Morgan fingerprint density at radius 1 is 0.453 bits per heavy atom. The lowest BCUT2D eigenvalue weighted by Crippen LogP contribution is -2.45. The number of aliphatic hydroxyl groups is 1. The van der Waals surface area contributed by atoms with Gasteiger partial charge in [0.05, 0.1) is 39.9 Å². The molecule has 0 aromatic rings. The lowest BCUT2D eigenvalue weighted by molar-refractivity contribution is -0.870. The number of phosphoric acid groups is 1. The number of allylic oxidation sites excluding steroid dienone is 7. The van der Waals surface area contributed by atoms with Crippen molar-refractivity contribution in [1.82, 2.24) is 5.32 Å². The Balaban J connectivity index is 4.15. The molecule has 75 heavy (non-hydrogen) atoms. The topological polar surface area (TPSA) is 105 Å². The maximum absolute atomic E-state index is 13.0. The van der Waals surface area contributed by atoms with Crippen LogP contribution in [0.15, 0.2) is 48.6 Å². The van der Waals surface area contributed by atoms with E-state index < -0.39 is 20.0 Å². The Kier molecular flexibility index (Phi) is 56.0. The number of amides is 1. The number of carbonyl (C=O) groups is 1. The summed E-state index contributed by atoms with van der Waals surface area (Å²) in [5, 5.41) is 14.0. The van der Waals surface area contributed by atoms with Crippen molar-refractivity contribution in [1.29, 1.82) is 0 Å². The van der Waals surface area contributed by atoms with Gasteiger partial charge in [0.2, 0.25) is 5.91 Å². The predicted octanol–water partition coefficient (Wildman–Crippen LogP) is 20.3. The molecule has 0 saturated carbocycles. The molecule has 0 heterocycles. The van der Waals surface area contributed by atoms with E-state index in [9.17, 15) is 19.4 Å². The predicted molar refractivity (Wildman–Crippen MR) is 327 cm³/mol. The van der Waals surface area contributed by atoms with Crippen molar-refractivity contribution in [3.63, 3.8) is 0 Å². The van der Waals surface area contributed by atoms with Crippen LogP contribution in [-0.2, 0) is 18.4 Å². The molecule has 0 fully saturated rings. The third-order valence-electron chi connectivity index (χ3n) is 14.8. The van der Waals surface area contributed by atoms with E-state index in [4.69, 9.17) is 9.05 Å². The van der Waals surface area contributed by atoms with E-state index in [2.05, 4.69) is 55.6 Å². The first-order chi connectivity index (χ1) is 36.5. The second kappa shape index (κ2) is 57.2. The average Bonchev–Trinajstić information content (AvgIpc) is 3.37. The van der Waals surface area contributed by atoms with E-state index in [1.807, 2.05) is 27.2 Å². The molecule has 0 aliphatic heterocycles. The summed E-state index contributed by atoms with van der Waals surface area (Å²) in [6.07, 6.45) is 76.7. The van der Waals surface area contributed by atoms with E-state index in [0.29, 0.717) is 17.4 Å². The molecular formula is C66H128N2O6P+. The summed E-state index contributed by atoms with van der Waals surface area (Å²) < 4.78 is 23.8. The van der Waals surface area contributed by atoms with Gasteiger partial charge in [-0.3, -0.25) is 13.8 Å². The van der Waals surface area contributed by atoms with Gasteiger partial charge in [0.25, 0.3) is 0 Å². The molecule has 3 atom stereocenters. The van der Waals surface area contributed by atoms with Crippen LogP contribution in [0.25, 0.3) is 0 Å². The molecule has 0 aliphatic carbocycles. The minimum atomic E-state index is -4.36. The number of phosphoric ester groups is 1. The van der Waals surface area contributed by atoms with Crippen molar-refractivity contribution in [3.8, 4) is 0 Å². The zero-order chi connectivity index (χ0) is 54.9. The largest absolute Gasteiger partial charge is 0.472 e. The monoisotopic (exact) mass is 1080 g/mol. The van der Waals surface area contributed by atoms with Crippen LogP contribution in [0.4, 0.5) is 0 Å². The first-order valence-corrected chi connectivity index (χ1v) is 34.0. The molecule has 0 aliphatic rings. The van der Waals surface area contributed by atoms with Gasteiger partial charge in [0.1, 0.15) is 13.2 Å². The molecule has 0 aromatic carbocycles. The lowest BCUT2D eigenvalue weighted by Gasteiger charge is -2.25. The minimum Gasteiger partial charge on any atom is -0.387 e. The standard InChI is InChI=1S/C66H127N2O6P/c1-6-8-10-12-14-16-18-20-22-24-26-28-30-32-34-36-38-40-42-44-46-48-50-52-54-56-58-60-66(70)67-64(63-74-75(71,72)73-62-61-68(3,4)5)65(69)59-57-55-53-51-49-47-45-43-41-39-37-35-33-31-29-27-25-23-21-19-17-15-13-11-9-7-2/h18,20,24,26,49,51,57,59,64-65,69H,6-17,19,21-23,25,27-48,50,52-56,58,60-63H2,1-5H3,(H-,67,70,71,72)/p+1/b20-18-,26-24-,51-49+,59-57+. The van der Waals surface area contributed by atoms with Crippen LogP contribution >= 0.6 is 7.82 Å². The number of hydrogen-bond acceptors (Lipinski definition) is 5. The first kappa shape index (κ1) is 73.5. The zero-order valence-corrected chi connectivity index (χ0v) is 51.4. The number of nitrogens with zero attached hydrogens (tertiary/aromatic N) is 1. The smallest absolute Gasteiger partial charge is 0.387 e. The van der Waals surface area contributed by atoms with Gasteiger partial charge in [0, 0.05) is 6.42 Å². The molecule has 0 saturated heterocycles. The maximum atomic E-state index is 13.0. The molecule has 442 valence electrons. The van der Waals surface area contributed by atoms with Crippen LogP contribution in [0.2, 0.25) is 0 Å². The molecular weight excluding hydrogens is 948 g/mol. The van der Waals surface area contributed by atoms with E-state index in [1.165, 1.54) is 250 Å². The summed E-state index contributed by atoms with van der Waals surface area (Å²) in [7, 11) is 1.56. The van der Waals surface area contributed by atoms with Gasteiger partial charge in [0.15, 0.2) is 0 Å². The normalized spacial score (nSPS) is 14.1. The summed E-state index contributed by atoms with van der Waals surface area (Å²) in [5.74, 6) is -0.183. The SMILES string of the molecule is CCCCCCC/C=C\C/C=C\CCCCCCCCCCCCCCCCCC(=O)NC(COP(=O)(O)OCC[N+](C)(C)C)C(O)/C=C/CC/C=C/CCCCCCCCCCCCCCCCCCCCCC. The molecule has 0 bridgehead atoms.